The molecular weight excluding hydrogens is 454 g/mol. The van der Waals surface area contributed by atoms with Crippen molar-refractivity contribution < 1.29 is 22.1 Å². The summed E-state index contributed by atoms with van der Waals surface area (Å²) in [6.45, 7) is 7.64. The van der Waals surface area contributed by atoms with Gasteiger partial charge in [0.2, 0.25) is 15.8 Å². The summed E-state index contributed by atoms with van der Waals surface area (Å²) in [5, 5.41) is 4.79. The molecule has 2 aromatic carbocycles. The fraction of sp³-hybridized carbons (Fsp3) is 0.360. The third-order valence-corrected chi connectivity index (χ3v) is 8.23. The lowest BCUT2D eigenvalue weighted by atomic mass is 10.0. The largest absolute Gasteiger partial charge is 0.494 e. The molecule has 0 saturated carbocycles. The van der Waals surface area contributed by atoms with Gasteiger partial charge in [-0.15, -0.1) is 0 Å². The maximum absolute atomic E-state index is 13.2. The van der Waals surface area contributed by atoms with Crippen LogP contribution < -0.4 is 4.74 Å². The second-order valence-corrected chi connectivity index (χ2v) is 10.6. The summed E-state index contributed by atoms with van der Waals surface area (Å²) >= 11 is 0. The molecular formula is C25H27N3O5S. The fourth-order valence-corrected chi connectivity index (χ4v) is 5.74. The maximum atomic E-state index is 13.2. The van der Waals surface area contributed by atoms with Gasteiger partial charge in [-0.25, -0.2) is 8.42 Å². The molecule has 9 heteroatoms. The van der Waals surface area contributed by atoms with Crippen LogP contribution in [0, 0.1) is 12.8 Å². The number of aryl methyl sites for hydroxylation is 1. The Labute approximate surface area is 198 Å². The van der Waals surface area contributed by atoms with Gasteiger partial charge >= 0.3 is 0 Å². The highest BCUT2D eigenvalue weighted by atomic mass is 32.2. The van der Waals surface area contributed by atoms with E-state index in [-0.39, 0.29) is 10.8 Å². The average Bonchev–Trinajstić information content (AvgIpc) is 3.45. The van der Waals surface area contributed by atoms with Crippen molar-refractivity contribution >= 4 is 21.0 Å². The van der Waals surface area contributed by atoms with E-state index in [0.29, 0.717) is 48.2 Å². The van der Waals surface area contributed by atoms with Crippen molar-refractivity contribution in [2.75, 3.05) is 19.7 Å². The number of sulfonamides is 1. The van der Waals surface area contributed by atoms with Gasteiger partial charge in [0.15, 0.2) is 5.76 Å². The summed E-state index contributed by atoms with van der Waals surface area (Å²) < 4.78 is 44.9. The number of furan rings is 1. The third-order valence-electron chi connectivity index (χ3n) is 6.33. The van der Waals surface area contributed by atoms with Crippen LogP contribution in [0.25, 0.3) is 34.0 Å². The van der Waals surface area contributed by atoms with Crippen molar-refractivity contribution in [3.05, 3.63) is 48.0 Å². The second kappa shape index (κ2) is 8.88. The molecule has 1 aliphatic heterocycles. The molecule has 0 aliphatic carbocycles. The smallest absolute Gasteiger partial charge is 0.294 e. The van der Waals surface area contributed by atoms with Crippen LogP contribution in [0.5, 0.6) is 5.75 Å². The zero-order valence-corrected chi connectivity index (χ0v) is 20.3. The summed E-state index contributed by atoms with van der Waals surface area (Å²) in [6, 6.07) is 12.4. The van der Waals surface area contributed by atoms with Crippen molar-refractivity contribution in [1.82, 2.24) is 14.4 Å². The van der Waals surface area contributed by atoms with Crippen molar-refractivity contribution in [2.24, 2.45) is 5.92 Å². The average molecular weight is 482 g/mol. The Hall–Kier alpha value is -3.17. The first kappa shape index (κ1) is 22.6. The Kier molecular flexibility index (Phi) is 5.91. The molecule has 1 saturated heterocycles. The topological polar surface area (TPSA) is 98.7 Å². The predicted octanol–water partition coefficient (Wildman–Crippen LogP) is 5.28. The Morgan fingerprint density at radius 1 is 1.12 bits per heavy atom. The number of ether oxygens (including phenoxy) is 1. The number of hydrogen-bond acceptors (Lipinski definition) is 7. The normalized spacial score (nSPS) is 15.7. The first-order valence-corrected chi connectivity index (χ1v) is 12.9. The van der Waals surface area contributed by atoms with Gasteiger partial charge in [0.05, 0.1) is 11.5 Å². The summed E-state index contributed by atoms with van der Waals surface area (Å²) in [5.41, 5.74) is 2.11. The van der Waals surface area contributed by atoms with Crippen LogP contribution in [-0.2, 0) is 10.0 Å². The summed E-state index contributed by atoms with van der Waals surface area (Å²) in [5.74, 6) is 2.43. The Morgan fingerprint density at radius 2 is 1.85 bits per heavy atom. The van der Waals surface area contributed by atoms with Crippen LogP contribution in [0.1, 0.15) is 32.3 Å². The lowest BCUT2D eigenvalue weighted by Gasteiger charge is -2.29. The molecule has 0 spiro atoms. The lowest BCUT2D eigenvalue weighted by molar-refractivity contribution is 0.288. The minimum absolute atomic E-state index is 0.243. The Balaban J connectivity index is 1.45. The van der Waals surface area contributed by atoms with Crippen molar-refractivity contribution in [2.45, 2.75) is 38.5 Å². The monoisotopic (exact) mass is 481 g/mol. The Morgan fingerprint density at radius 3 is 2.56 bits per heavy atom. The molecule has 1 fully saturated rings. The molecule has 0 radical (unpaired) electrons. The van der Waals surface area contributed by atoms with Crippen molar-refractivity contribution in [3.8, 4) is 28.8 Å². The van der Waals surface area contributed by atoms with E-state index in [1.807, 2.05) is 38.1 Å². The Bertz CT molecular complexity index is 1410. The van der Waals surface area contributed by atoms with Crippen LogP contribution >= 0.6 is 0 Å². The standard InChI is InChI=1S/C25H27N3O5S/c1-4-31-19-7-5-18(6-8-19)24-26-25(33-27-24)23-17(3)21-15-20(9-10-22(21)32-23)34(29,30)28-13-11-16(2)12-14-28/h5-10,15-16H,4,11-14H2,1-3H3. The van der Waals surface area contributed by atoms with E-state index < -0.39 is 10.0 Å². The molecule has 178 valence electrons. The molecule has 0 atom stereocenters. The van der Waals surface area contributed by atoms with Gasteiger partial charge in [0, 0.05) is 29.6 Å². The number of piperidine rings is 1. The zero-order valence-electron chi connectivity index (χ0n) is 19.4. The van der Waals surface area contributed by atoms with Crippen LogP contribution in [0.2, 0.25) is 0 Å². The van der Waals surface area contributed by atoms with Gasteiger partial charge < -0.3 is 13.7 Å². The molecule has 2 aromatic heterocycles. The lowest BCUT2D eigenvalue weighted by Crippen LogP contribution is -2.37. The fourth-order valence-electron chi connectivity index (χ4n) is 4.24. The molecule has 34 heavy (non-hydrogen) atoms. The number of benzene rings is 2. The molecule has 8 nitrogen and oxygen atoms in total. The maximum Gasteiger partial charge on any atom is 0.294 e. The highest BCUT2D eigenvalue weighted by molar-refractivity contribution is 7.89. The van der Waals surface area contributed by atoms with Crippen molar-refractivity contribution in [3.63, 3.8) is 0 Å². The van der Waals surface area contributed by atoms with Gasteiger partial charge in [-0.05, 0) is 75.1 Å². The van der Waals surface area contributed by atoms with E-state index in [0.717, 1.165) is 29.7 Å². The molecule has 0 N–H and O–H groups in total. The van der Waals surface area contributed by atoms with Gasteiger partial charge in [0.25, 0.3) is 5.89 Å². The number of rotatable bonds is 6. The van der Waals surface area contributed by atoms with Gasteiger partial charge in [-0.3, -0.25) is 0 Å². The first-order valence-electron chi connectivity index (χ1n) is 11.5. The van der Waals surface area contributed by atoms with Gasteiger partial charge in [-0.1, -0.05) is 12.1 Å². The zero-order chi connectivity index (χ0) is 23.9. The second-order valence-electron chi connectivity index (χ2n) is 8.68. The molecule has 0 bridgehead atoms. The molecule has 4 aromatic rings. The van der Waals surface area contributed by atoms with Crippen LogP contribution in [0.3, 0.4) is 0 Å². The highest BCUT2D eigenvalue weighted by Crippen LogP contribution is 2.35. The van der Waals surface area contributed by atoms with E-state index in [9.17, 15) is 8.42 Å². The van der Waals surface area contributed by atoms with E-state index in [1.165, 1.54) is 0 Å². The molecule has 5 rings (SSSR count). The molecule has 3 heterocycles. The van der Waals surface area contributed by atoms with Crippen molar-refractivity contribution in [1.29, 1.82) is 0 Å². The minimum atomic E-state index is -3.56. The molecule has 1 aliphatic rings. The third kappa shape index (κ3) is 4.10. The number of aromatic nitrogens is 2. The summed E-state index contributed by atoms with van der Waals surface area (Å²) in [4.78, 5) is 4.76. The SMILES string of the molecule is CCOc1ccc(-c2noc(-c3oc4ccc(S(=O)(=O)N5CCC(C)CC5)cc4c3C)n2)cc1. The quantitative estimate of drug-likeness (QED) is 0.369. The molecule has 0 amide bonds. The minimum Gasteiger partial charge on any atom is -0.494 e. The van der Waals surface area contributed by atoms with Crippen LogP contribution in [-0.4, -0.2) is 42.6 Å². The number of fused-ring (bicyclic) bond motifs is 1. The highest BCUT2D eigenvalue weighted by Gasteiger charge is 2.29. The molecule has 0 unspecified atom stereocenters. The predicted molar refractivity (Wildman–Crippen MR) is 128 cm³/mol. The number of nitrogens with zero attached hydrogens (tertiary/aromatic N) is 3. The van der Waals surface area contributed by atoms with Crippen LogP contribution in [0.15, 0.2) is 56.3 Å². The van der Waals surface area contributed by atoms with E-state index in [1.54, 1.807) is 22.5 Å². The van der Waals surface area contributed by atoms with Gasteiger partial charge in [0.1, 0.15) is 11.3 Å². The van der Waals surface area contributed by atoms with Gasteiger partial charge in [-0.2, -0.15) is 9.29 Å². The van der Waals surface area contributed by atoms with Crippen LogP contribution in [0.4, 0.5) is 0 Å². The van der Waals surface area contributed by atoms with E-state index in [4.69, 9.17) is 13.7 Å². The van der Waals surface area contributed by atoms with E-state index in [2.05, 4.69) is 17.1 Å². The van der Waals surface area contributed by atoms with E-state index >= 15 is 0 Å². The number of hydrogen-bond donors (Lipinski definition) is 0. The summed E-state index contributed by atoms with van der Waals surface area (Å²) in [6.07, 6.45) is 1.76. The summed E-state index contributed by atoms with van der Waals surface area (Å²) in [7, 11) is -3.56. The first-order chi connectivity index (χ1) is 16.4.